The van der Waals surface area contributed by atoms with Crippen LogP contribution >= 0.6 is 0 Å². The Labute approximate surface area is 356 Å². The number of hydrogen-bond donors (Lipinski definition) is 2. The maximum atomic E-state index is 15.6. The number of carbonyl (C=O) groups is 2. The number of ether oxygens (including phenoxy) is 7. The lowest BCUT2D eigenvalue weighted by Gasteiger charge is -2.48. The number of aliphatic hydroxyl groups is 1. The fourth-order valence-corrected chi connectivity index (χ4v) is 8.53. The molecule has 2 N–H and O–H groups in total. The second kappa shape index (κ2) is 18.9. The minimum absolute atomic E-state index is 0.0222. The monoisotopic (exact) mass is 848 g/mol. The first-order chi connectivity index (χ1) is 28.3. The summed E-state index contributed by atoms with van der Waals surface area (Å²) in [4.78, 5) is 30.9. The van der Waals surface area contributed by atoms with E-state index in [-0.39, 0.29) is 38.1 Å². The molecule has 14 heteroatoms. The predicted molar refractivity (Wildman–Crippen MR) is 232 cm³/mol. The molecular formula is C46H64N2O11Si. The van der Waals surface area contributed by atoms with Gasteiger partial charge in [-0.3, -0.25) is 4.79 Å². The van der Waals surface area contributed by atoms with Crippen molar-refractivity contribution in [2.45, 2.75) is 116 Å². The number of nitrogens with zero attached hydrogens (tertiary/aromatic N) is 1. The standard InChI is InChI=1S/C46H64N2O11Si/c1-14-20-55-39-29(3)40-42(57-27-56-40)36-34(26-54-25-30-18-16-15-17-19-30)48(33(24-49)41(53-11)37(36)39)43(50)32(47-44(51)58-45(4,5)6)22-31-21-28(2)38(52-10)35(23-31)59-60(12,13)46(7,8)9/h14-19,21,23,32-34,41,49H,1,20,22,24-27H2,2-13H3,(H,47,51)/t32-,33+,34-,41?/m0/s1. The van der Waals surface area contributed by atoms with Crippen LogP contribution in [0.2, 0.25) is 18.1 Å². The molecule has 3 aromatic rings. The van der Waals surface area contributed by atoms with Crippen molar-refractivity contribution in [2.75, 3.05) is 40.8 Å². The molecule has 2 aliphatic heterocycles. The van der Waals surface area contributed by atoms with Crippen LogP contribution in [0.1, 0.15) is 87.1 Å². The molecular weight excluding hydrogens is 785 g/mol. The van der Waals surface area contributed by atoms with Crippen LogP contribution in [0.4, 0.5) is 4.79 Å². The number of carbonyl (C=O) groups excluding carboxylic acids is 2. The molecule has 1 unspecified atom stereocenters. The van der Waals surface area contributed by atoms with Gasteiger partial charge in [-0.2, -0.15) is 0 Å². The Morgan fingerprint density at radius 3 is 2.28 bits per heavy atom. The SMILES string of the molecule is C=CCOc1c(C)c2c(c3c1C(OC)[C@@H](CO)N(C(=O)[C@H](Cc1cc(C)c(OC)c(O[Si](C)(C)C(C)(C)C)c1)NC(=O)OC(C)(C)C)[C@H]3COCc1ccccc1)OCO2. The Balaban J connectivity index is 1.69. The van der Waals surface area contributed by atoms with Gasteiger partial charge in [-0.05, 0) is 75.5 Å². The first kappa shape index (κ1) is 46.3. The zero-order chi connectivity index (χ0) is 44.2. The van der Waals surface area contributed by atoms with Crippen LogP contribution in [0.25, 0.3) is 0 Å². The topological polar surface area (TPSA) is 143 Å². The number of rotatable bonds is 16. The smallest absolute Gasteiger partial charge is 0.408 e. The van der Waals surface area contributed by atoms with Crippen molar-refractivity contribution in [1.82, 2.24) is 10.2 Å². The molecule has 0 radical (unpaired) electrons. The van der Waals surface area contributed by atoms with E-state index in [1.807, 2.05) is 56.3 Å². The molecule has 60 heavy (non-hydrogen) atoms. The van der Waals surface area contributed by atoms with Crippen molar-refractivity contribution in [2.24, 2.45) is 0 Å². The van der Waals surface area contributed by atoms with Gasteiger partial charge in [-0.1, -0.05) is 69.8 Å². The molecule has 4 atom stereocenters. The lowest BCUT2D eigenvalue weighted by atomic mass is 9.82. The van der Waals surface area contributed by atoms with Crippen LogP contribution in [0.3, 0.4) is 0 Å². The highest BCUT2D eigenvalue weighted by molar-refractivity contribution is 6.74. The van der Waals surface area contributed by atoms with Crippen LogP contribution in [-0.4, -0.2) is 88.8 Å². The van der Waals surface area contributed by atoms with E-state index in [9.17, 15) is 9.90 Å². The summed E-state index contributed by atoms with van der Waals surface area (Å²) in [6.07, 6.45) is -0.0118. The van der Waals surface area contributed by atoms with E-state index in [2.05, 4.69) is 45.8 Å². The van der Waals surface area contributed by atoms with E-state index in [1.54, 1.807) is 38.9 Å². The molecule has 2 aliphatic rings. The number of nitrogens with one attached hydrogen (secondary N) is 1. The number of aryl methyl sites for hydroxylation is 1. The fourth-order valence-electron chi connectivity index (χ4n) is 7.52. The Morgan fingerprint density at radius 2 is 1.68 bits per heavy atom. The van der Waals surface area contributed by atoms with Crippen molar-refractivity contribution in [1.29, 1.82) is 0 Å². The minimum atomic E-state index is -2.35. The quantitative estimate of drug-likeness (QED) is 0.106. The van der Waals surface area contributed by atoms with E-state index >= 15 is 4.79 Å². The molecule has 0 saturated carbocycles. The highest BCUT2D eigenvalue weighted by Gasteiger charge is 2.50. The number of aliphatic hydroxyl groups excluding tert-OH is 1. The highest BCUT2D eigenvalue weighted by Crippen LogP contribution is 2.56. The summed E-state index contributed by atoms with van der Waals surface area (Å²) in [6, 6.07) is 10.4. The fraction of sp³-hybridized carbons (Fsp3) is 0.522. The van der Waals surface area contributed by atoms with Crippen LogP contribution < -0.4 is 28.7 Å². The van der Waals surface area contributed by atoms with Gasteiger partial charge in [-0.25, -0.2) is 4.79 Å². The predicted octanol–water partition coefficient (Wildman–Crippen LogP) is 8.27. The summed E-state index contributed by atoms with van der Waals surface area (Å²) in [5.41, 5.74) is 3.43. The average Bonchev–Trinajstić information content (AvgIpc) is 3.66. The third-order valence-corrected chi connectivity index (χ3v) is 15.6. The molecule has 0 fully saturated rings. The molecule has 5 rings (SSSR count). The maximum Gasteiger partial charge on any atom is 0.408 e. The van der Waals surface area contributed by atoms with Crippen molar-refractivity contribution < 1.29 is 52.3 Å². The molecule has 0 bridgehead atoms. The summed E-state index contributed by atoms with van der Waals surface area (Å²) in [5, 5.41) is 14.1. The van der Waals surface area contributed by atoms with E-state index in [0.29, 0.717) is 51.0 Å². The van der Waals surface area contributed by atoms with E-state index in [4.69, 9.17) is 37.6 Å². The van der Waals surface area contributed by atoms with Crippen molar-refractivity contribution >= 4 is 20.3 Å². The molecule has 0 spiro atoms. The average molecular weight is 849 g/mol. The second-order valence-electron chi connectivity index (χ2n) is 17.8. The van der Waals surface area contributed by atoms with E-state index in [1.165, 1.54) is 7.11 Å². The number of amides is 2. The third-order valence-electron chi connectivity index (χ3n) is 11.3. The van der Waals surface area contributed by atoms with Gasteiger partial charge < -0.3 is 52.9 Å². The summed E-state index contributed by atoms with van der Waals surface area (Å²) in [7, 11) is 0.770. The van der Waals surface area contributed by atoms with Gasteiger partial charge in [0.05, 0.1) is 39.0 Å². The minimum Gasteiger partial charge on any atom is -0.541 e. The van der Waals surface area contributed by atoms with Crippen molar-refractivity contribution in [3.05, 3.63) is 88.5 Å². The molecule has 0 saturated heterocycles. The molecule has 13 nitrogen and oxygen atoms in total. The molecule has 3 aromatic carbocycles. The van der Waals surface area contributed by atoms with Crippen LogP contribution in [0, 0.1) is 13.8 Å². The number of methoxy groups -OCH3 is 2. The van der Waals surface area contributed by atoms with E-state index in [0.717, 1.165) is 11.1 Å². The number of fused-ring (bicyclic) bond motifs is 3. The molecule has 0 aromatic heterocycles. The van der Waals surface area contributed by atoms with Crippen LogP contribution in [-0.2, 0) is 32.0 Å². The van der Waals surface area contributed by atoms with E-state index < -0.39 is 56.8 Å². The van der Waals surface area contributed by atoms with Gasteiger partial charge in [0, 0.05) is 30.2 Å². The summed E-state index contributed by atoms with van der Waals surface area (Å²) in [6.45, 7) is 23.5. The summed E-state index contributed by atoms with van der Waals surface area (Å²) in [5.74, 6) is 2.02. The van der Waals surface area contributed by atoms with Crippen molar-refractivity contribution in [3.8, 4) is 28.7 Å². The van der Waals surface area contributed by atoms with Crippen molar-refractivity contribution in [3.63, 3.8) is 0 Å². The Bertz CT molecular complexity index is 2010. The van der Waals surface area contributed by atoms with Gasteiger partial charge in [0.2, 0.25) is 12.7 Å². The molecule has 2 heterocycles. The van der Waals surface area contributed by atoms with Gasteiger partial charge in [0.1, 0.15) is 35.9 Å². The number of alkyl carbamates (subject to hydrolysis) is 1. The van der Waals surface area contributed by atoms with Crippen LogP contribution in [0.15, 0.2) is 55.1 Å². The first-order valence-corrected chi connectivity index (χ1v) is 23.3. The largest absolute Gasteiger partial charge is 0.541 e. The van der Waals surface area contributed by atoms with Gasteiger partial charge in [0.25, 0.3) is 8.32 Å². The molecule has 0 aliphatic carbocycles. The zero-order valence-corrected chi connectivity index (χ0v) is 38.4. The molecule has 2 amide bonds. The first-order valence-electron chi connectivity index (χ1n) is 20.4. The summed E-state index contributed by atoms with van der Waals surface area (Å²) < 4.78 is 49.5. The van der Waals surface area contributed by atoms with Gasteiger partial charge in [0.15, 0.2) is 17.2 Å². The lowest BCUT2D eigenvalue weighted by Crippen LogP contribution is -2.59. The number of hydrogen-bond acceptors (Lipinski definition) is 11. The van der Waals surface area contributed by atoms with Crippen LogP contribution in [0.5, 0.6) is 28.7 Å². The van der Waals surface area contributed by atoms with Gasteiger partial charge >= 0.3 is 6.09 Å². The Kier molecular flexibility index (Phi) is 14.6. The number of benzene rings is 3. The third kappa shape index (κ3) is 10.0. The maximum absolute atomic E-state index is 15.6. The second-order valence-corrected chi connectivity index (χ2v) is 22.5. The van der Waals surface area contributed by atoms with Gasteiger partial charge in [-0.15, -0.1) is 0 Å². The Hall–Kier alpha value is -4.76. The highest BCUT2D eigenvalue weighted by atomic mass is 28.4. The zero-order valence-electron chi connectivity index (χ0n) is 37.4. The molecule has 328 valence electrons. The summed E-state index contributed by atoms with van der Waals surface area (Å²) >= 11 is 0. The normalized spacial score (nSPS) is 18.0. The lowest BCUT2D eigenvalue weighted by molar-refractivity contribution is -0.150. The Morgan fingerprint density at radius 1 is 1.00 bits per heavy atom.